The molecule has 2 rings (SSSR count). The molecule has 0 radical (unpaired) electrons. The summed E-state index contributed by atoms with van der Waals surface area (Å²) >= 11 is 4.22. The van der Waals surface area contributed by atoms with Gasteiger partial charge in [-0.1, -0.05) is 25.5 Å². The average Bonchev–Trinajstić information content (AvgIpc) is 2.47. The van der Waals surface area contributed by atoms with Crippen LogP contribution >= 0.6 is 33.9 Å². The van der Waals surface area contributed by atoms with Gasteiger partial charge < -0.3 is 5.73 Å². The Labute approximate surface area is 101 Å². The van der Waals surface area contributed by atoms with Crippen molar-refractivity contribution in [3.8, 4) is 0 Å². The molecular formula is C11H12INS. The first kappa shape index (κ1) is 10.2. The molecule has 2 N–H and O–H groups in total. The molecule has 1 aromatic heterocycles. The van der Waals surface area contributed by atoms with Gasteiger partial charge in [-0.05, 0) is 46.0 Å². The zero-order valence-electron chi connectivity index (χ0n) is 8.01. The van der Waals surface area contributed by atoms with Crippen LogP contribution in [0.3, 0.4) is 0 Å². The van der Waals surface area contributed by atoms with E-state index in [9.17, 15) is 0 Å². The lowest BCUT2D eigenvalue weighted by Crippen LogP contribution is -1.85. The zero-order chi connectivity index (χ0) is 10.1. The molecule has 14 heavy (non-hydrogen) atoms. The maximum absolute atomic E-state index is 5.94. The van der Waals surface area contributed by atoms with Gasteiger partial charge in [0.2, 0.25) is 0 Å². The van der Waals surface area contributed by atoms with E-state index in [2.05, 4.69) is 35.6 Å². The van der Waals surface area contributed by atoms with E-state index in [0.717, 1.165) is 12.1 Å². The number of anilines is 1. The third-order valence-electron chi connectivity index (χ3n) is 2.30. The van der Waals surface area contributed by atoms with Gasteiger partial charge in [0.05, 0.1) is 7.58 Å². The largest absolute Gasteiger partial charge is 0.398 e. The van der Waals surface area contributed by atoms with Crippen LogP contribution in [0, 0.1) is 2.88 Å². The number of fused-ring (bicyclic) bond motifs is 1. The van der Waals surface area contributed by atoms with E-state index in [1.165, 1.54) is 25.0 Å². The molecule has 0 fully saturated rings. The standard InChI is InChI=1S/C11H12INS/c1-2-4-8-7-5-3-6-9(13)10(7)14-11(8)12/h3,5-6H,2,4,13H2,1H3. The fraction of sp³-hybridized carbons (Fsp3) is 0.273. The molecule has 1 nitrogen and oxygen atoms in total. The molecule has 0 saturated carbocycles. The fourth-order valence-electron chi connectivity index (χ4n) is 1.65. The van der Waals surface area contributed by atoms with Crippen LogP contribution in [0.15, 0.2) is 18.2 Å². The van der Waals surface area contributed by atoms with Gasteiger partial charge in [0.25, 0.3) is 0 Å². The van der Waals surface area contributed by atoms with E-state index in [0.29, 0.717) is 0 Å². The van der Waals surface area contributed by atoms with E-state index in [1.54, 1.807) is 11.3 Å². The number of hydrogen-bond acceptors (Lipinski definition) is 2. The van der Waals surface area contributed by atoms with Crippen molar-refractivity contribution in [2.45, 2.75) is 19.8 Å². The van der Waals surface area contributed by atoms with Gasteiger partial charge in [-0.3, -0.25) is 0 Å². The Kier molecular flexibility index (Phi) is 2.97. The Morgan fingerprint density at radius 1 is 1.43 bits per heavy atom. The van der Waals surface area contributed by atoms with Gasteiger partial charge in [-0.15, -0.1) is 11.3 Å². The summed E-state index contributed by atoms with van der Waals surface area (Å²) < 4.78 is 2.64. The predicted molar refractivity (Wildman–Crippen MR) is 72.9 cm³/mol. The Morgan fingerprint density at radius 2 is 2.21 bits per heavy atom. The molecule has 1 aromatic carbocycles. The van der Waals surface area contributed by atoms with Crippen LogP contribution in [0.25, 0.3) is 10.1 Å². The molecule has 0 saturated heterocycles. The lowest BCUT2D eigenvalue weighted by molar-refractivity contribution is 0.929. The Morgan fingerprint density at radius 3 is 2.93 bits per heavy atom. The van der Waals surface area contributed by atoms with Crippen LogP contribution < -0.4 is 5.73 Å². The van der Waals surface area contributed by atoms with Crippen LogP contribution in [-0.4, -0.2) is 0 Å². The Bertz CT molecular complexity index is 462. The highest BCUT2D eigenvalue weighted by Gasteiger charge is 2.10. The second kappa shape index (κ2) is 4.06. The number of hydrogen-bond donors (Lipinski definition) is 1. The summed E-state index contributed by atoms with van der Waals surface area (Å²) in [6, 6.07) is 6.19. The van der Waals surface area contributed by atoms with Gasteiger partial charge >= 0.3 is 0 Å². The summed E-state index contributed by atoms with van der Waals surface area (Å²) in [5.74, 6) is 0. The molecular weight excluding hydrogens is 305 g/mol. The first-order valence-corrected chi connectivity index (χ1v) is 6.59. The van der Waals surface area contributed by atoms with Crippen molar-refractivity contribution in [3.05, 3.63) is 26.6 Å². The highest BCUT2D eigenvalue weighted by molar-refractivity contribution is 14.1. The van der Waals surface area contributed by atoms with Crippen LogP contribution in [-0.2, 0) is 6.42 Å². The summed E-state index contributed by atoms with van der Waals surface area (Å²) in [5, 5.41) is 1.35. The van der Waals surface area contributed by atoms with E-state index >= 15 is 0 Å². The van der Waals surface area contributed by atoms with Crippen molar-refractivity contribution >= 4 is 49.7 Å². The van der Waals surface area contributed by atoms with Gasteiger partial charge in [-0.25, -0.2) is 0 Å². The zero-order valence-corrected chi connectivity index (χ0v) is 11.0. The molecule has 0 aliphatic rings. The minimum atomic E-state index is 0.910. The first-order valence-electron chi connectivity index (χ1n) is 4.69. The van der Waals surface area contributed by atoms with Crippen molar-refractivity contribution in [1.29, 1.82) is 0 Å². The topological polar surface area (TPSA) is 26.0 Å². The summed E-state index contributed by atoms with van der Waals surface area (Å²) in [4.78, 5) is 0. The lowest BCUT2D eigenvalue weighted by Gasteiger charge is -1.98. The minimum absolute atomic E-state index is 0.910. The third-order valence-corrected chi connectivity index (χ3v) is 4.70. The van der Waals surface area contributed by atoms with Crippen LogP contribution in [0.4, 0.5) is 5.69 Å². The number of aryl methyl sites for hydroxylation is 1. The van der Waals surface area contributed by atoms with Gasteiger partial charge in [0, 0.05) is 5.69 Å². The molecule has 2 aromatic rings. The number of benzene rings is 1. The van der Waals surface area contributed by atoms with E-state index in [-0.39, 0.29) is 0 Å². The molecule has 0 aliphatic heterocycles. The highest BCUT2D eigenvalue weighted by atomic mass is 127. The van der Waals surface area contributed by atoms with Gasteiger partial charge in [0.15, 0.2) is 0 Å². The molecule has 74 valence electrons. The molecule has 0 aliphatic carbocycles. The SMILES string of the molecule is CCCc1c(I)sc2c(N)cccc12. The van der Waals surface area contributed by atoms with E-state index in [4.69, 9.17) is 5.73 Å². The molecule has 3 heteroatoms. The number of halogens is 1. The second-order valence-corrected chi connectivity index (χ2v) is 6.16. The molecule has 0 atom stereocenters. The summed E-state index contributed by atoms with van der Waals surface area (Å²) in [6.45, 7) is 2.21. The van der Waals surface area contributed by atoms with Gasteiger partial charge in [0.1, 0.15) is 0 Å². The Hall–Kier alpha value is -0.290. The number of thiophene rings is 1. The van der Waals surface area contributed by atoms with Crippen molar-refractivity contribution in [1.82, 2.24) is 0 Å². The predicted octanol–water partition coefficient (Wildman–Crippen LogP) is 4.04. The third kappa shape index (κ3) is 1.63. The molecule has 0 spiro atoms. The normalized spacial score (nSPS) is 11.0. The molecule has 0 amide bonds. The molecule has 0 bridgehead atoms. The smallest absolute Gasteiger partial charge is 0.0698 e. The second-order valence-electron chi connectivity index (χ2n) is 3.33. The maximum Gasteiger partial charge on any atom is 0.0698 e. The van der Waals surface area contributed by atoms with E-state index in [1.807, 2.05) is 12.1 Å². The summed E-state index contributed by atoms with van der Waals surface area (Å²) in [5.41, 5.74) is 8.32. The molecule has 1 heterocycles. The fourth-order valence-corrected chi connectivity index (χ4v) is 3.87. The number of rotatable bonds is 2. The van der Waals surface area contributed by atoms with Crippen molar-refractivity contribution in [2.24, 2.45) is 0 Å². The van der Waals surface area contributed by atoms with Crippen LogP contribution in [0.2, 0.25) is 0 Å². The average molecular weight is 317 g/mol. The lowest BCUT2D eigenvalue weighted by atomic mass is 10.1. The maximum atomic E-state index is 5.94. The van der Waals surface area contributed by atoms with Crippen molar-refractivity contribution in [2.75, 3.05) is 5.73 Å². The first-order chi connectivity index (χ1) is 6.74. The van der Waals surface area contributed by atoms with E-state index < -0.39 is 0 Å². The highest BCUT2D eigenvalue weighted by Crippen LogP contribution is 2.36. The monoisotopic (exact) mass is 317 g/mol. The van der Waals surface area contributed by atoms with Crippen LogP contribution in [0.5, 0.6) is 0 Å². The van der Waals surface area contributed by atoms with Gasteiger partial charge in [-0.2, -0.15) is 0 Å². The number of nitrogens with two attached hydrogens (primary N) is 1. The summed E-state index contributed by atoms with van der Waals surface area (Å²) in [7, 11) is 0. The van der Waals surface area contributed by atoms with Crippen molar-refractivity contribution < 1.29 is 0 Å². The number of nitrogen functional groups attached to an aromatic ring is 1. The quantitative estimate of drug-likeness (QED) is 0.656. The Balaban J connectivity index is 2.70. The minimum Gasteiger partial charge on any atom is -0.398 e. The van der Waals surface area contributed by atoms with Crippen molar-refractivity contribution in [3.63, 3.8) is 0 Å². The molecule has 0 unspecified atom stereocenters. The summed E-state index contributed by atoms with van der Waals surface area (Å²) in [6.07, 6.45) is 2.35. The van der Waals surface area contributed by atoms with Crippen LogP contribution in [0.1, 0.15) is 18.9 Å².